The predicted octanol–water partition coefficient (Wildman–Crippen LogP) is 3.64. The molecule has 0 aliphatic rings. The van der Waals surface area contributed by atoms with Crippen LogP contribution in [0.3, 0.4) is 0 Å². The van der Waals surface area contributed by atoms with Crippen molar-refractivity contribution in [3.8, 4) is 11.5 Å². The van der Waals surface area contributed by atoms with E-state index >= 15 is 0 Å². The Hall–Kier alpha value is -2.90. The summed E-state index contributed by atoms with van der Waals surface area (Å²) in [6.45, 7) is 0.305. The average molecular weight is 368 g/mol. The van der Waals surface area contributed by atoms with Gasteiger partial charge in [-0.05, 0) is 30.2 Å². The molecule has 26 heavy (non-hydrogen) atoms. The summed E-state index contributed by atoms with van der Waals surface area (Å²) in [5.74, 6) is 0.415. The molecule has 8 heteroatoms. The normalized spacial score (nSPS) is 10.9. The van der Waals surface area contributed by atoms with Crippen LogP contribution in [-0.4, -0.2) is 26.0 Å². The van der Waals surface area contributed by atoms with Gasteiger partial charge in [0.25, 0.3) is 0 Å². The molecule has 0 unspecified atom stereocenters. The first-order chi connectivity index (χ1) is 12.4. The molecule has 0 saturated heterocycles. The summed E-state index contributed by atoms with van der Waals surface area (Å²) in [6, 6.07) is 12.6. The van der Waals surface area contributed by atoms with Gasteiger partial charge in [-0.1, -0.05) is 30.3 Å². The van der Waals surface area contributed by atoms with Crippen molar-refractivity contribution < 1.29 is 27.4 Å². The summed E-state index contributed by atoms with van der Waals surface area (Å²) in [4.78, 5) is 11.8. The smallest absolute Gasteiger partial charge is 0.497 e. The number of methoxy groups -OCH3 is 1. The molecule has 0 heterocycles. The number of nitrogens with one attached hydrogen (secondary N) is 2. The Labute approximate surface area is 149 Å². The number of para-hydroxylation sites is 1. The summed E-state index contributed by atoms with van der Waals surface area (Å²) < 4.78 is 46.1. The SMILES string of the molecule is COc1ccc(CCNC(=O)NCc2ccccc2OC(F)(F)F)cc1. The third-order valence-electron chi connectivity index (χ3n) is 3.50. The van der Waals surface area contributed by atoms with E-state index in [1.54, 1.807) is 13.2 Å². The molecule has 2 aromatic rings. The van der Waals surface area contributed by atoms with Gasteiger partial charge in [0.2, 0.25) is 0 Å². The Morgan fingerprint density at radius 2 is 1.73 bits per heavy atom. The molecule has 0 aliphatic carbocycles. The molecule has 140 valence electrons. The molecule has 5 nitrogen and oxygen atoms in total. The molecular formula is C18H19F3N2O3. The van der Waals surface area contributed by atoms with E-state index in [0.717, 1.165) is 11.3 Å². The molecule has 0 bridgehead atoms. The molecule has 2 rings (SSSR count). The number of hydrogen-bond donors (Lipinski definition) is 2. The van der Waals surface area contributed by atoms with Gasteiger partial charge in [0.05, 0.1) is 7.11 Å². The Morgan fingerprint density at radius 1 is 1.04 bits per heavy atom. The highest BCUT2D eigenvalue weighted by Gasteiger charge is 2.31. The average Bonchev–Trinajstić information content (AvgIpc) is 2.60. The second kappa shape index (κ2) is 8.98. The van der Waals surface area contributed by atoms with E-state index in [4.69, 9.17) is 4.74 Å². The van der Waals surface area contributed by atoms with Gasteiger partial charge in [0.15, 0.2) is 0 Å². The van der Waals surface area contributed by atoms with Crippen molar-refractivity contribution in [3.05, 3.63) is 59.7 Å². The van der Waals surface area contributed by atoms with Crippen molar-refractivity contribution in [2.45, 2.75) is 19.3 Å². The van der Waals surface area contributed by atoms with Crippen molar-refractivity contribution in [2.24, 2.45) is 0 Å². The van der Waals surface area contributed by atoms with Gasteiger partial charge in [-0.15, -0.1) is 13.2 Å². The van der Waals surface area contributed by atoms with Crippen LogP contribution >= 0.6 is 0 Å². The first-order valence-corrected chi connectivity index (χ1v) is 7.85. The summed E-state index contributed by atoms with van der Waals surface area (Å²) in [5, 5.41) is 5.17. The molecular weight excluding hydrogens is 349 g/mol. The summed E-state index contributed by atoms with van der Waals surface area (Å²) in [6.07, 6.45) is -4.16. The molecule has 0 aliphatic heterocycles. The van der Waals surface area contributed by atoms with Crippen molar-refractivity contribution in [2.75, 3.05) is 13.7 Å². The fourth-order valence-electron chi connectivity index (χ4n) is 2.22. The fraction of sp³-hybridized carbons (Fsp3) is 0.278. The molecule has 0 saturated carbocycles. The van der Waals surface area contributed by atoms with Crippen LogP contribution in [-0.2, 0) is 13.0 Å². The lowest BCUT2D eigenvalue weighted by Gasteiger charge is -2.14. The second-order valence-electron chi connectivity index (χ2n) is 5.36. The van der Waals surface area contributed by atoms with Gasteiger partial charge in [-0.25, -0.2) is 4.79 Å². The summed E-state index contributed by atoms with van der Waals surface area (Å²) >= 11 is 0. The number of carbonyl (C=O) groups is 1. The van der Waals surface area contributed by atoms with Crippen LogP contribution < -0.4 is 20.1 Å². The van der Waals surface area contributed by atoms with E-state index < -0.39 is 12.4 Å². The molecule has 2 N–H and O–H groups in total. The highest BCUT2D eigenvalue weighted by Crippen LogP contribution is 2.26. The van der Waals surface area contributed by atoms with Crippen LogP contribution in [0.25, 0.3) is 0 Å². The maximum Gasteiger partial charge on any atom is 0.573 e. The fourth-order valence-corrected chi connectivity index (χ4v) is 2.22. The number of ether oxygens (including phenoxy) is 2. The number of rotatable bonds is 7. The van der Waals surface area contributed by atoms with Crippen molar-refractivity contribution in [1.29, 1.82) is 0 Å². The number of benzene rings is 2. The zero-order valence-corrected chi connectivity index (χ0v) is 14.1. The van der Waals surface area contributed by atoms with E-state index in [9.17, 15) is 18.0 Å². The number of hydrogen-bond acceptors (Lipinski definition) is 3. The molecule has 0 atom stereocenters. The van der Waals surface area contributed by atoms with E-state index in [-0.39, 0.29) is 17.9 Å². The first kappa shape index (κ1) is 19.4. The van der Waals surface area contributed by atoms with Crippen molar-refractivity contribution >= 4 is 6.03 Å². The third-order valence-corrected chi connectivity index (χ3v) is 3.50. The minimum absolute atomic E-state index is 0.0827. The maximum absolute atomic E-state index is 12.4. The van der Waals surface area contributed by atoms with Crippen LogP contribution in [0.2, 0.25) is 0 Å². The standard InChI is InChI=1S/C18H19F3N2O3/c1-25-15-8-6-13(7-9-15)10-11-22-17(24)23-12-14-4-2-3-5-16(14)26-18(19,20)21/h2-9H,10-12H2,1H3,(H2,22,23,24). The highest BCUT2D eigenvalue weighted by atomic mass is 19.4. The maximum atomic E-state index is 12.4. The molecule has 0 aromatic heterocycles. The van der Waals surface area contributed by atoms with E-state index in [1.165, 1.54) is 18.2 Å². The van der Waals surface area contributed by atoms with Crippen LogP contribution in [0.4, 0.5) is 18.0 Å². The van der Waals surface area contributed by atoms with Crippen molar-refractivity contribution in [3.63, 3.8) is 0 Å². The van der Waals surface area contributed by atoms with Crippen molar-refractivity contribution in [1.82, 2.24) is 10.6 Å². The highest BCUT2D eigenvalue weighted by molar-refractivity contribution is 5.73. The first-order valence-electron chi connectivity index (χ1n) is 7.85. The number of alkyl halides is 3. The van der Waals surface area contributed by atoms with Gasteiger partial charge in [-0.2, -0.15) is 0 Å². The van der Waals surface area contributed by atoms with Crippen LogP contribution in [0.1, 0.15) is 11.1 Å². The van der Waals surface area contributed by atoms with Crippen LogP contribution in [0.15, 0.2) is 48.5 Å². The lowest BCUT2D eigenvalue weighted by atomic mass is 10.1. The Bertz CT molecular complexity index is 718. The monoisotopic (exact) mass is 368 g/mol. The Morgan fingerprint density at radius 3 is 2.38 bits per heavy atom. The lowest BCUT2D eigenvalue weighted by molar-refractivity contribution is -0.274. The number of halogens is 3. The van der Waals surface area contributed by atoms with E-state index in [2.05, 4.69) is 15.4 Å². The van der Waals surface area contributed by atoms with Gasteiger partial charge < -0.3 is 20.1 Å². The minimum Gasteiger partial charge on any atom is -0.497 e. The van der Waals surface area contributed by atoms with Crippen LogP contribution in [0.5, 0.6) is 11.5 Å². The topological polar surface area (TPSA) is 59.6 Å². The molecule has 0 radical (unpaired) electrons. The molecule has 0 spiro atoms. The Kier molecular flexibility index (Phi) is 6.71. The van der Waals surface area contributed by atoms with Gasteiger partial charge in [0, 0.05) is 18.7 Å². The van der Waals surface area contributed by atoms with Gasteiger partial charge >= 0.3 is 12.4 Å². The quantitative estimate of drug-likeness (QED) is 0.785. The summed E-state index contributed by atoms with van der Waals surface area (Å²) in [7, 11) is 1.58. The zero-order chi connectivity index (χ0) is 19.0. The largest absolute Gasteiger partial charge is 0.573 e. The second-order valence-corrected chi connectivity index (χ2v) is 5.36. The van der Waals surface area contributed by atoms with E-state index in [0.29, 0.717) is 13.0 Å². The number of urea groups is 1. The molecule has 2 aromatic carbocycles. The number of amides is 2. The summed E-state index contributed by atoms with van der Waals surface area (Å²) in [5.41, 5.74) is 1.25. The molecule has 0 fully saturated rings. The third kappa shape index (κ3) is 6.54. The minimum atomic E-state index is -4.78. The number of carbonyl (C=O) groups excluding carboxylic acids is 1. The lowest BCUT2D eigenvalue weighted by Crippen LogP contribution is -2.36. The molecule has 2 amide bonds. The van der Waals surface area contributed by atoms with E-state index in [1.807, 2.05) is 24.3 Å². The van der Waals surface area contributed by atoms with Crippen LogP contribution in [0, 0.1) is 0 Å². The van der Waals surface area contributed by atoms with Gasteiger partial charge in [0.1, 0.15) is 11.5 Å². The zero-order valence-electron chi connectivity index (χ0n) is 14.1. The predicted molar refractivity (Wildman–Crippen MR) is 90.1 cm³/mol. The Balaban J connectivity index is 1.78. The van der Waals surface area contributed by atoms with Gasteiger partial charge in [-0.3, -0.25) is 0 Å².